The van der Waals surface area contributed by atoms with Crippen LogP contribution in [0.5, 0.6) is 11.5 Å². The highest BCUT2D eigenvalue weighted by Gasteiger charge is 2.34. The number of nitrogens with two attached hydrogens (primary N) is 1. The first kappa shape index (κ1) is 19.9. The molecule has 0 bridgehead atoms. The highest BCUT2D eigenvalue weighted by Crippen LogP contribution is 2.34. The Hall–Kier alpha value is -2.83. The van der Waals surface area contributed by atoms with Crippen molar-refractivity contribution < 1.29 is 34.6 Å². The Balaban J connectivity index is 1.69. The second-order valence-corrected chi connectivity index (χ2v) is 7.17. The Kier molecular flexibility index (Phi) is 5.72. The van der Waals surface area contributed by atoms with Crippen molar-refractivity contribution in [3.05, 3.63) is 34.3 Å². The normalized spacial score (nSPS) is 13.9. The largest absolute Gasteiger partial charge is 0.507 e. The van der Waals surface area contributed by atoms with E-state index in [2.05, 4.69) is 4.98 Å². The van der Waals surface area contributed by atoms with Crippen molar-refractivity contribution in [1.82, 2.24) is 9.88 Å². The number of nitrogen functional groups attached to an aromatic ring is 1. The van der Waals surface area contributed by atoms with Crippen molar-refractivity contribution in [2.24, 2.45) is 0 Å². The van der Waals surface area contributed by atoms with E-state index in [1.54, 1.807) is 5.38 Å². The maximum Gasteiger partial charge on any atom is 0.451 e. The molecular weight excluding hydrogens is 389 g/mol. The maximum atomic E-state index is 12.3. The second-order valence-electron chi connectivity index (χ2n) is 6.28. The van der Waals surface area contributed by atoms with Gasteiger partial charge in [0.15, 0.2) is 5.13 Å². The molecule has 0 aliphatic carbocycles. The standard InChI is InChI=1S/C16H18BN3O7S/c18-16-19-11(7-28-16)14(22)20-5-8(6-20)27-12-2-1-10(15(23)24)13(21)9(12)3-4-17(25)26/h1-2,7-8,21,25-26H,3-6H2,(H2,18,19)(H,23,24). The average Bonchev–Trinajstić information content (AvgIpc) is 3.02. The van der Waals surface area contributed by atoms with E-state index in [-0.39, 0.29) is 47.3 Å². The minimum Gasteiger partial charge on any atom is -0.507 e. The molecule has 1 fully saturated rings. The van der Waals surface area contributed by atoms with Gasteiger partial charge in [-0.1, -0.05) is 0 Å². The number of likely N-dealkylation sites (tertiary alicyclic amines) is 1. The Labute approximate surface area is 164 Å². The number of thiazole rings is 1. The number of ether oxygens (including phenoxy) is 1. The van der Waals surface area contributed by atoms with E-state index in [1.165, 1.54) is 28.4 Å². The molecule has 2 aromatic rings. The summed E-state index contributed by atoms with van der Waals surface area (Å²) in [4.78, 5) is 28.9. The molecule has 1 aromatic heterocycles. The van der Waals surface area contributed by atoms with Crippen LogP contribution in [0.3, 0.4) is 0 Å². The van der Waals surface area contributed by atoms with Gasteiger partial charge in [0.1, 0.15) is 28.9 Å². The number of aromatic carboxylic acids is 1. The van der Waals surface area contributed by atoms with E-state index in [1.807, 2.05) is 0 Å². The highest BCUT2D eigenvalue weighted by molar-refractivity contribution is 7.13. The quantitative estimate of drug-likeness (QED) is 0.399. The molecule has 1 aliphatic heterocycles. The summed E-state index contributed by atoms with van der Waals surface area (Å²) in [5, 5.41) is 39.4. The average molecular weight is 407 g/mol. The number of phenols is 1. The van der Waals surface area contributed by atoms with Crippen LogP contribution in [-0.2, 0) is 6.42 Å². The first-order chi connectivity index (χ1) is 13.3. The van der Waals surface area contributed by atoms with Gasteiger partial charge in [-0.15, -0.1) is 11.3 Å². The number of aromatic hydroxyl groups is 1. The number of hydrogen-bond acceptors (Lipinski definition) is 9. The molecule has 1 amide bonds. The van der Waals surface area contributed by atoms with E-state index in [0.717, 1.165) is 0 Å². The van der Waals surface area contributed by atoms with E-state index in [9.17, 15) is 14.7 Å². The van der Waals surface area contributed by atoms with Gasteiger partial charge < -0.3 is 35.6 Å². The van der Waals surface area contributed by atoms with Gasteiger partial charge in [0.25, 0.3) is 5.91 Å². The summed E-state index contributed by atoms with van der Waals surface area (Å²) >= 11 is 1.17. The fourth-order valence-corrected chi connectivity index (χ4v) is 3.36. The lowest BCUT2D eigenvalue weighted by Gasteiger charge is -2.39. The topological polar surface area (TPSA) is 166 Å². The van der Waals surface area contributed by atoms with Crippen molar-refractivity contribution in [2.45, 2.75) is 18.8 Å². The predicted octanol–water partition coefficient (Wildman–Crippen LogP) is 0.0478. The molecular formula is C16H18BN3O7S. The van der Waals surface area contributed by atoms with Crippen LogP contribution in [0.2, 0.25) is 6.32 Å². The van der Waals surface area contributed by atoms with Gasteiger partial charge in [0.05, 0.1) is 13.1 Å². The lowest BCUT2D eigenvalue weighted by Crippen LogP contribution is -2.56. The van der Waals surface area contributed by atoms with Gasteiger partial charge in [-0.3, -0.25) is 4.79 Å². The molecule has 1 saturated heterocycles. The first-order valence-corrected chi connectivity index (χ1v) is 9.25. The monoisotopic (exact) mass is 407 g/mol. The number of carbonyl (C=O) groups excluding carboxylic acids is 1. The summed E-state index contributed by atoms with van der Waals surface area (Å²) in [5.41, 5.74) is 5.66. The number of amides is 1. The SMILES string of the molecule is Nc1nc(C(=O)N2CC(Oc3ccc(C(=O)O)c(O)c3CCB(O)O)C2)cs1. The van der Waals surface area contributed by atoms with Crippen molar-refractivity contribution in [3.63, 3.8) is 0 Å². The zero-order chi connectivity index (χ0) is 20.4. The molecule has 2 heterocycles. The molecule has 10 nitrogen and oxygen atoms in total. The summed E-state index contributed by atoms with van der Waals surface area (Å²) < 4.78 is 5.80. The Morgan fingerprint density at radius 2 is 2.07 bits per heavy atom. The van der Waals surface area contributed by atoms with Crippen molar-refractivity contribution >= 4 is 35.5 Å². The Morgan fingerprint density at radius 3 is 2.64 bits per heavy atom. The minimum atomic E-state index is -1.61. The van der Waals surface area contributed by atoms with Crippen LogP contribution in [0, 0.1) is 0 Å². The maximum absolute atomic E-state index is 12.3. The predicted molar refractivity (Wildman–Crippen MR) is 101 cm³/mol. The van der Waals surface area contributed by atoms with Crippen LogP contribution in [-0.4, -0.2) is 68.3 Å². The van der Waals surface area contributed by atoms with Gasteiger partial charge in [-0.2, -0.15) is 0 Å². The third-order valence-electron chi connectivity index (χ3n) is 4.29. The van der Waals surface area contributed by atoms with Crippen LogP contribution >= 0.6 is 11.3 Å². The number of anilines is 1. The minimum absolute atomic E-state index is 0.00736. The molecule has 0 unspecified atom stereocenters. The fraction of sp³-hybridized carbons (Fsp3) is 0.312. The van der Waals surface area contributed by atoms with Gasteiger partial charge in [0.2, 0.25) is 0 Å². The van der Waals surface area contributed by atoms with Crippen LogP contribution < -0.4 is 10.5 Å². The van der Waals surface area contributed by atoms with Crippen LogP contribution in [0.15, 0.2) is 17.5 Å². The molecule has 0 spiro atoms. The number of aromatic nitrogens is 1. The molecule has 0 atom stereocenters. The lowest BCUT2D eigenvalue weighted by atomic mass is 9.82. The summed E-state index contributed by atoms with van der Waals surface area (Å²) in [5.74, 6) is -1.81. The third-order valence-corrected chi connectivity index (χ3v) is 4.97. The number of nitrogens with zero attached hydrogens (tertiary/aromatic N) is 2. The number of carbonyl (C=O) groups is 2. The van der Waals surface area contributed by atoms with Crippen LogP contribution in [0.25, 0.3) is 0 Å². The van der Waals surface area contributed by atoms with Crippen molar-refractivity contribution in [3.8, 4) is 11.5 Å². The molecule has 3 rings (SSSR count). The zero-order valence-corrected chi connectivity index (χ0v) is 15.4. The molecule has 6 N–H and O–H groups in total. The zero-order valence-electron chi connectivity index (χ0n) is 14.6. The highest BCUT2D eigenvalue weighted by atomic mass is 32.1. The molecule has 0 radical (unpaired) electrons. The Bertz CT molecular complexity index is 898. The van der Waals surface area contributed by atoms with Crippen LogP contribution in [0.4, 0.5) is 5.13 Å². The molecule has 1 aromatic carbocycles. The van der Waals surface area contributed by atoms with E-state index < -0.39 is 18.8 Å². The molecule has 148 valence electrons. The van der Waals surface area contributed by atoms with E-state index in [4.69, 9.17) is 25.6 Å². The molecule has 12 heteroatoms. The number of hydrogen-bond donors (Lipinski definition) is 5. The Morgan fingerprint density at radius 1 is 1.36 bits per heavy atom. The van der Waals surface area contributed by atoms with E-state index >= 15 is 0 Å². The lowest BCUT2D eigenvalue weighted by molar-refractivity contribution is 0.0169. The van der Waals surface area contributed by atoms with Crippen LogP contribution in [0.1, 0.15) is 26.4 Å². The first-order valence-electron chi connectivity index (χ1n) is 8.37. The smallest absolute Gasteiger partial charge is 0.451 e. The number of carboxylic acids is 1. The van der Waals surface area contributed by atoms with Gasteiger partial charge in [-0.25, -0.2) is 9.78 Å². The number of rotatable bonds is 7. The summed E-state index contributed by atoms with van der Waals surface area (Å²) in [7, 11) is -1.61. The van der Waals surface area contributed by atoms with Crippen molar-refractivity contribution in [2.75, 3.05) is 18.8 Å². The van der Waals surface area contributed by atoms with Crippen molar-refractivity contribution in [1.29, 1.82) is 0 Å². The summed E-state index contributed by atoms with van der Waals surface area (Å²) in [6.07, 6.45) is -0.450. The summed E-state index contributed by atoms with van der Waals surface area (Å²) in [6.45, 7) is 0.583. The fourth-order valence-electron chi connectivity index (χ4n) is 2.82. The van der Waals surface area contributed by atoms with Gasteiger partial charge in [-0.05, 0) is 24.9 Å². The summed E-state index contributed by atoms with van der Waals surface area (Å²) in [6, 6.07) is 2.62. The van der Waals surface area contributed by atoms with Gasteiger partial charge in [0, 0.05) is 10.9 Å². The van der Waals surface area contributed by atoms with Gasteiger partial charge >= 0.3 is 13.1 Å². The molecule has 28 heavy (non-hydrogen) atoms. The number of carboxylic acid groups (broad SMARTS) is 1. The number of benzene rings is 1. The van der Waals surface area contributed by atoms with E-state index in [0.29, 0.717) is 18.2 Å². The third kappa shape index (κ3) is 4.19. The second kappa shape index (κ2) is 8.04. The molecule has 1 aliphatic rings. The molecule has 0 saturated carbocycles.